The van der Waals surface area contributed by atoms with E-state index in [1.54, 1.807) is 18.5 Å². The molecular formula is C19H22N6O2. The molecule has 4 heterocycles. The van der Waals surface area contributed by atoms with Gasteiger partial charge in [0.25, 0.3) is 5.91 Å². The van der Waals surface area contributed by atoms with Crippen molar-refractivity contribution in [2.45, 2.75) is 20.8 Å². The maximum Gasteiger partial charge on any atom is 0.289 e. The van der Waals surface area contributed by atoms with Crippen LogP contribution in [0.3, 0.4) is 0 Å². The summed E-state index contributed by atoms with van der Waals surface area (Å²) in [5.74, 6) is 2.71. The summed E-state index contributed by atoms with van der Waals surface area (Å²) in [4.78, 5) is 29.9. The highest BCUT2D eigenvalue weighted by Gasteiger charge is 2.25. The van der Waals surface area contributed by atoms with Gasteiger partial charge in [-0.3, -0.25) is 9.36 Å². The van der Waals surface area contributed by atoms with Crippen LogP contribution in [0.2, 0.25) is 0 Å². The standard InChI is InChI=1S/C19H22N6O2/c1-13-14(2)25(12-20-13)18-11-17(21-15(3)22-18)23-6-8-24(9-7-23)19(26)16-5-4-10-27-16/h4-5,10-12H,6-9H2,1-3H3. The van der Waals surface area contributed by atoms with Gasteiger partial charge in [-0.2, -0.15) is 0 Å². The highest BCUT2D eigenvalue weighted by atomic mass is 16.3. The van der Waals surface area contributed by atoms with Crippen molar-refractivity contribution in [2.24, 2.45) is 0 Å². The van der Waals surface area contributed by atoms with Crippen LogP contribution in [0.4, 0.5) is 5.82 Å². The minimum atomic E-state index is -0.0660. The molecule has 8 heteroatoms. The highest BCUT2D eigenvalue weighted by molar-refractivity contribution is 5.91. The van der Waals surface area contributed by atoms with Gasteiger partial charge in [-0.15, -0.1) is 0 Å². The van der Waals surface area contributed by atoms with Crippen molar-refractivity contribution >= 4 is 11.7 Å². The molecule has 140 valence electrons. The molecule has 0 aliphatic carbocycles. The van der Waals surface area contributed by atoms with Gasteiger partial charge in [0.15, 0.2) is 5.76 Å². The number of hydrogen-bond donors (Lipinski definition) is 0. The maximum atomic E-state index is 12.4. The number of carbonyl (C=O) groups excluding carboxylic acids is 1. The second-order valence-corrected chi connectivity index (χ2v) is 6.67. The first-order chi connectivity index (χ1) is 13.0. The van der Waals surface area contributed by atoms with Gasteiger partial charge in [0, 0.05) is 37.9 Å². The fraction of sp³-hybridized carbons (Fsp3) is 0.368. The third-order valence-corrected chi connectivity index (χ3v) is 4.93. The Hall–Kier alpha value is -3.16. The van der Waals surface area contributed by atoms with Crippen LogP contribution in [0.1, 0.15) is 27.8 Å². The minimum Gasteiger partial charge on any atom is -0.459 e. The normalized spacial score (nSPS) is 14.6. The van der Waals surface area contributed by atoms with Gasteiger partial charge in [-0.25, -0.2) is 15.0 Å². The third-order valence-electron chi connectivity index (χ3n) is 4.93. The SMILES string of the molecule is Cc1nc(N2CCN(C(=O)c3ccco3)CC2)cc(-n2cnc(C)c2C)n1. The van der Waals surface area contributed by atoms with Gasteiger partial charge < -0.3 is 14.2 Å². The molecule has 1 fully saturated rings. The summed E-state index contributed by atoms with van der Waals surface area (Å²) in [6, 6.07) is 5.41. The van der Waals surface area contributed by atoms with E-state index in [2.05, 4.69) is 19.9 Å². The lowest BCUT2D eigenvalue weighted by atomic mass is 10.2. The fourth-order valence-corrected chi connectivity index (χ4v) is 3.25. The molecule has 0 atom stereocenters. The number of aryl methyl sites for hydroxylation is 2. The largest absolute Gasteiger partial charge is 0.459 e. The van der Waals surface area contributed by atoms with Gasteiger partial charge in [0.1, 0.15) is 23.8 Å². The van der Waals surface area contributed by atoms with Crippen molar-refractivity contribution in [2.75, 3.05) is 31.1 Å². The van der Waals surface area contributed by atoms with Crippen molar-refractivity contribution in [3.8, 4) is 5.82 Å². The summed E-state index contributed by atoms with van der Waals surface area (Å²) < 4.78 is 7.20. The smallest absolute Gasteiger partial charge is 0.289 e. The molecule has 1 aliphatic heterocycles. The van der Waals surface area contributed by atoms with Crippen LogP contribution in [0, 0.1) is 20.8 Å². The zero-order valence-corrected chi connectivity index (χ0v) is 15.7. The molecule has 0 saturated carbocycles. The van der Waals surface area contributed by atoms with E-state index in [9.17, 15) is 4.79 Å². The van der Waals surface area contributed by atoms with Gasteiger partial charge in [-0.1, -0.05) is 0 Å². The minimum absolute atomic E-state index is 0.0660. The summed E-state index contributed by atoms with van der Waals surface area (Å²) >= 11 is 0. The van der Waals surface area contributed by atoms with Crippen LogP contribution in [-0.4, -0.2) is 56.5 Å². The molecule has 1 saturated heterocycles. The number of hydrogen-bond acceptors (Lipinski definition) is 6. The first-order valence-electron chi connectivity index (χ1n) is 8.97. The van der Waals surface area contributed by atoms with Crippen LogP contribution < -0.4 is 4.90 Å². The van der Waals surface area contributed by atoms with Gasteiger partial charge in [0.05, 0.1) is 12.0 Å². The molecular weight excluding hydrogens is 344 g/mol. The molecule has 0 spiro atoms. The van der Waals surface area contributed by atoms with E-state index in [1.165, 1.54) is 6.26 Å². The average Bonchev–Trinajstić information content (AvgIpc) is 3.32. The quantitative estimate of drug-likeness (QED) is 0.707. The van der Waals surface area contributed by atoms with Crippen LogP contribution in [-0.2, 0) is 0 Å². The van der Waals surface area contributed by atoms with E-state index in [-0.39, 0.29) is 5.91 Å². The van der Waals surface area contributed by atoms with E-state index >= 15 is 0 Å². The van der Waals surface area contributed by atoms with Crippen molar-refractivity contribution in [1.29, 1.82) is 0 Å². The molecule has 27 heavy (non-hydrogen) atoms. The Labute approximate surface area is 157 Å². The molecule has 0 bridgehead atoms. The van der Waals surface area contributed by atoms with Gasteiger partial charge in [-0.05, 0) is 32.9 Å². The second kappa shape index (κ2) is 6.86. The molecule has 4 rings (SSSR count). The lowest BCUT2D eigenvalue weighted by Crippen LogP contribution is -2.49. The van der Waals surface area contributed by atoms with Crippen molar-refractivity contribution in [3.05, 3.63) is 53.8 Å². The van der Waals surface area contributed by atoms with E-state index in [1.807, 2.05) is 36.3 Å². The summed E-state index contributed by atoms with van der Waals surface area (Å²) in [5.41, 5.74) is 2.05. The molecule has 3 aromatic heterocycles. The van der Waals surface area contributed by atoms with Gasteiger partial charge >= 0.3 is 0 Å². The number of rotatable bonds is 3. The zero-order chi connectivity index (χ0) is 19.0. The predicted molar refractivity (Wildman–Crippen MR) is 100 cm³/mol. The van der Waals surface area contributed by atoms with E-state index in [0.29, 0.717) is 37.8 Å². The molecule has 0 aromatic carbocycles. The Balaban J connectivity index is 1.52. The number of anilines is 1. The number of nitrogens with zero attached hydrogens (tertiary/aromatic N) is 6. The van der Waals surface area contributed by atoms with Crippen molar-refractivity contribution in [1.82, 2.24) is 24.4 Å². The third kappa shape index (κ3) is 3.30. The summed E-state index contributed by atoms with van der Waals surface area (Å²) in [7, 11) is 0. The Morgan fingerprint density at radius 3 is 2.44 bits per heavy atom. The number of aromatic nitrogens is 4. The van der Waals surface area contributed by atoms with Crippen LogP contribution in [0.15, 0.2) is 35.2 Å². The Kier molecular flexibility index (Phi) is 4.39. The molecule has 8 nitrogen and oxygen atoms in total. The molecule has 0 radical (unpaired) electrons. The zero-order valence-electron chi connectivity index (χ0n) is 15.7. The molecule has 1 aliphatic rings. The predicted octanol–water partition coefficient (Wildman–Crippen LogP) is 2.14. The van der Waals surface area contributed by atoms with E-state index < -0.39 is 0 Å². The number of piperazine rings is 1. The Bertz CT molecular complexity index is 955. The van der Waals surface area contributed by atoms with Crippen LogP contribution >= 0.6 is 0 Å². The monoisotopic (exact) mass is 366 g/mol. The van der Waals surface area contributed by atoms with E-state index in [4.69, 9.17) is 4.42 Å². The topological polar surface area (TPSA) is 80.3 Å². The van der Waals surface area contributed by atoms with Crippen LogP contribution in [0.5, 0.6) is 0 Å². The first-order valence-corrected chi connectivity index (χ1v) is 8.97. The van der Waals surface area contributed by atoms with E-state index in [0.717, 1.165) is 23.0 Å². The first kappa shape index (κ1) is 17.3. The summed E-state index contributed by atoms with van der Waals surface area (Å²) in [5, 5.41) is 0. The molecule has 1 amide bonds. The van der Waals surface area contributed by atoms with Crippen molar-refractivity contribution < 1.29 is 9.21 Å². The number of furan rings is 1. The lowest BCUT2D eigenvalue weighted by Gasteiger charge is -2.35. The molecule has 0 unspecified atom stereocenters. The van der Waals surface area contributed by atoms with Gasteiger partial charge in [0.2, 0.25) is 0 Å². The second-order valence-electron chi connectivity index (χ2n) is 6.67. The average molecular weight is 366 g/mol. The number of carbonyl (C=O) groups is 1. The number of imidazole rings is 1. The van der Waals surface area contributed by atoms with Crippen LogP contribution in [0.25, 0.3) is 5.82 Å². The maximum absolute atomic E-state index is 12.4. The van der Waals surface area contributed by atoms with Crippen molar-refractivity contribution in [3.63, 3.8) is 0 Å². The number of amides is 1. The summed E-state index contributed by atoms with van der Waals surface area (Å²) in [6.45, 7) is 8.58. The Morgan fingerprint density at radius 2 is 1.81 bits per heavy atom. The fourth-order valence-electron chi connectivity index (χ4n) is 3.25. The summed E-state index contributed by atoms with van der Waals surface area (Å²) in [6.07, 6.45) is 3.31. The Morgan fingerprint density at radius 1 is 1.07 bits per heavy atom. The highest BCUT2D eigenvalue weighted by Crippen LogP contribution is 2.20. The molecule has 3 aromatic rings. The molecule has 0 N–H and O–H groups in total. The lowest BCUT2D eigenvalue weighted by molar-refractivity contribution is 0.0714.